The average Bonchev–Trinajstić information content (AvgIpc) is 2.41. The average molecular weight is 248 g/mol. The van der Waals surface area contributed by atoms with Gasteiger partial charge in [-0.15, -0.1) is 0 Å². The van der Waals surface area contributed by atoms with Crippen LogP contribution < -0.4 is 5.32 Å². The summed E-state index contributed by atoms with van der Waals surface area (Å²) < 4.78 is 5.39. The zero-order chi connectivity index (χ0) is 12.6. The van der Waals surface area contributed by atoms with Gasteiger partial charge >= 0.3 is 0 Å². The second-order valence-corrected chi connectivity index (χ2v) is 5.11. The lowest BCUT2D eigenvalue weighted by Gasteiger charge is -2.27. The topological polar surface area (TPSA) is 24.5 Å². The predicted molar refractivity (Wildman–Crippen MR) is 76.0 cm³/mol. The molecule has 0 bridgehead atoms. The Morgan fingerprint density at radius 3 is 2.67 bits per heavy atom. The monoisotopic (exact) mass is 248 g/mol. The van der Waals surface area contributed by atoms with E-state index in [1.165, 1.54) is 25.1 Å². The molecule has 1 fully saturated rings. The van der Waals surface area contributed by atoms with Crippen molar-refractivity contribution < 1.29 is 4.74 Å². The zero-order valence-corrected chi connectivity index (χ0v) is 11.3. The van der Waals surface area contributed by atoms with E-state index in [2.05, 4.69) is 41.5 Å². The van der Waals surface area contributed by atoms with Crippen LogP contribution in [0, 0.1) is 5.92 Å². The molecule has 3 heteroatoms. The highest BCUT2D eigenvalue weighted by molar-refractivity contribution is 5.42. The van der Waals surface area contributed by atoms with Crippen LogP contribution in [0.1, 0.15) is 12.8 Å². The molecule has 1 aromatic rings. The van der Waals surface area contributed by atoms with Gasteiger partial charge in [-0.05, 0) is 37.9 Å². The minimum Gasteiger partial charge on any atom is -0.384 e. The summed E-state index contributed by atoms with van der Waals surface area (Å²) in [5.74, 6) is 0.820. The quantitative estimate of drug-likeness (QED) is 0.837. The standard InChI is InChI=1S/C15H24N2O/c1-17(13-14-7-11-18-12-8-14)10-9-16-15-5-3-2-4-6-15/h2-6,14,16H,7-13H2,1H3. The molecule has 1 N–H and O–H groups in total. The van der Waals surface area contributed by atoms with Gasteiger partial charge in [0.2, 0.25) is 0 Å². The second-order valence-electron chi connectivity index (χ2n) is 5.11. The van der Waals surface area contributed by atoms with Gasteiger partial charge in [-0.3, -0.25) is 0 Å². The summed E-state index contributed by atoms with van der Waals surface area (Å²) >= 11 is 0. The van der Waals surface area contributed by atoms with Gasteiger partial charge in [0.1, 0.15) is 0 Å². The molecule has 0 atom stereocenters. The van der Waals surface area contributed by atoms with Gasteiger partial charge in [-0.1, -0.05) is 18.2 Å². The maximum atomic E-state index is 5.39. The predicted octanol–water partition coefficient (Wildman–Crippen LogP) is 2.46. The van der Waals surface area contributed by atoms with Crippen molar-refractivity contribution in [1.82, 2.24) is 4.90 Å². The number of rotatable bonds is 6. The molecule has 18 heavy (non-hydrogen) atoms. The van der Waals surface area contributed by atoms with E-state index in [-0.39, 0.29) is 0 Å². The van der Waals surface area contributed by atoms with Crippen molar-refractivity contribution >= 4 is 5.69 Å². The Labute approximate surface area is 110 Å². The van der Waals surface area contributed by atoms with Gasteiger partial charge in [-0.25, -0.2) is 0 Å². The lowest BCUT2D eigenvalue weighted by Crippen LogP contribution is -2.32. The van der Waals surface area contributed by atoms with Gasteiger partial charge in [0.25, 0.3) is 0 Å². The number of nitrogens with zero attached hydrogens (tertiary/aromatic N) is 1. The van der Waals surface area contributed by atoms with E-state index < -0.39 is 0 Å². The molecule has 0 aliphatic carbocycles. The molecule has 0 amide bonds. The van der Waals surface area contributed by atoms with Crippen molar-refractivity contribution in [2.45, 2.75) is 12.8 Å². The van der Waals surface area contributed by atoms with Crippen LogP contribution in [-0.2, 0) is 4.74 Å². The number of para-hydroxylation sites is 1. The van der Waals surface area contributed by atoms with Gasteiger partial charge in [-0.2, -0.15) is 0 Å². The molecule has 3 nitrogen and oxygen atoms in total. The second kappa shape index (κ2) is 7.39. The van der Waals surface area contributed by atoms with Gasteiger partial charge in [0, 0.05) is 38.5 Å². The molecule has 0 unspecified atom stereocenters. The third kappa shape index (κ3) is 4.67. The lowest BCUT2D eigenvalue weighted by atomic mass is 10.00. The Morgan fingerprint density at radius 2 is 1.94 bits per heavy atom. The van der Waals surface area contributed by atoms with Crippen LogP contribution in [0.5, 0.6) is 0 Å². The highest BCUT2D eigenvalue weighted by Crippen LogP contribution is 2.15. The zero-order valence-electron chi connectivity index (χ0n) is 11.3. The fraction of sp³-hybridized carbons (Fsp3) is 0.600. The van der Waals surface area contributed by atoms with Crippen molar-refractivity contribution in [1.29, 1.82) is 0 Å². The van der Waals surface area contributed by atoms with Crippen molar-refractivity contribution in [2.24, 2.45) is 5.92 Å². The van der Waals surface area contributed by atoms with E-state index in [1.54, 1.807) is 0 Å². The Morgan fingerprint density at radius 1 is 1.22 bits per heavy atom. The van der Waals surface area contributed by atoms with Crippen LogP contribution in [0.3, 0.4) is 0 Å². The molecule has 1 aromatic carbocycles. The first-order chi connectivity index (χ1) is 8.84. The Balaban J connectivity index is 1.61. The molecule has 1 aliphatic rings. The minimum absolute atomic E-state index is 0.820. The maximum Gasteiger partial charge on any atom is 0.0469 e. The number of likely N-dealkylation sites (N-methyl/N-ethyl adjacent to an activating group) is 1. The fourth-order valence-corrected chi connectivity index (χ4v) is 2.41. The molecular formula is C15H24N2O. The number of nitrogens with one attached hydrogen (secondary N) is 1. The Bertz CT molecular complexity index is 323. The first-order valence-electron chi connectivity index (χ1n) is 6.90. The molecule has 1 saturated heterocycles. The van der Waals surface area contributed by atoms with Gasteiger partial charge in [0.15, 0.2) is 0 Å². The smallest absolute Gasteiger partial charge is 0.0469 e. The first-order valence-corrected chi connectivity index (χ1v) is 6.90. The Kier molecular flexibility index (Phi) is 5.49. The van der Waals surface area contributed by atoms with E-state index >= 15 is 0 Å². The molecule has 0 spiro atoms. The highest BCUT2D eigenvalue weighted by Gasteiger charge is 2.15. The summed E-state index contributed by atoms with van der Waals surface area (Å²) in [6.45, 7) is 5.18. The van der Waals surface area contributed by atoms with E-state index in [0.29, 0.717) is 0 Å². The van der Waals surface area contributed by atoms with Crippen molar-refractivity contribution in [3.05, 3.63) is 30.3 Å². The van der Waals surface area contributed by atoms with E-state index in [4.69, 9.17) is 4.74 Å². The number of benzene rings is 1. The van der Waals surface area contributed by atoms with Crippen LogP contribution in [-0.4, -0.2) is 44.8 Å². The molecule has 2 rings (SSSR count). The summed E-state index contributed by atoms with van der Waals surface area (Å²) in [6, 6.07) is 10.4. The molecule has 0 aromatic heterocycles. The molecular weight excluding hydrogens is 224 g/mol. The summed E-state index contributed by atoms with van der Waals surface area (Å²) in [4.78, 5) is 2.42. The maximum absolute atomic E-state index is 5.39. The van der Waals surface area contributed by atoms with Crippen LogP contribution >= 0.6 is 0 Å². The van der Waals surface area contributed by atoms with Gasteiger partial charge < -0.3 is 15.0 Å². The summed E-state index contributed by atoms with van der Waals surface area (Å²) in [6.07, 6.45) is 2.44. The van der Waals surface area contributed by atoms with Crippen molar-refractivity contribution in [3.63, 3.8) is 0 Å². The van der Waals surface area contributed by atoms with E-state index in [0.717, 1.165) is 32.2 Å². The van der Waals surface area contributed by atoms with Crippen LogP contribution in [0.25, 0.3) is 0 Å². The summed E-state index contributed by atoms with van der Waals surface area (Å²) in [5, 5.41) is 3.45. The Hall–Kier alpha value is -1.06. The summed E-state index contributed by atoms with van der Waals surface area (Å²) in [7, 11) is 2.21. The number of anilines is 1. The third-order valence-corrected chi connectivity index (χ3v) is 3.51. The number of ether oxygens (including phenoxy) is 1. The number of hydrogen-bond acceptors (Lipinski definition) is 3. The van der Waals surface area contributed by atoms with Crippen molar-refractivity contribution in [2.75, 3.05) is 45.2 Å². The van der Waals surface area contributed by atoms with Crippen LogP contribution in [0.4, 0.5) is 5.69 Å². The molecule has 0 saturated carbocycles. The highest BCUT2D eigenvalue weighted by atomic mass is 16.5. The van der Waals surface area contributed by atoms with Crippen molar-refractivity contribution in [3.8, 4) is 0 Å². The normalized spacial score (nSPS) is 17.0. The molecule has 1 heterocycles. The molecule has 100 valence electrons. The molecule has 0 radical (unpaired) electrons. The first kappa shape index (κ1) is 13.4. The third-order valence-electron chi connectivity index (χ3n) is 3.51. The van der Waals surface area contributed by atoms with Crippen LogP contribution in [0.2, 0.25) is 0 Å². The fourth-order valence-electron chi connectivity index (χ4n) is 2.41. The molecule has 1 aliphatic heterocycles. The summed E-state index contributed by atoms with van der Waals surface area (Å²) in [5.41, 5.74) is 1.21. The van der Waals surface area contributed by atoms with Crippen LogP contribution in [0.15, 0.2) is 30.3 Å². The lowest BCUT2D eigenvalue weighted by molar-refractivity contribution is 0.0562. The van der Waals surface area contributed by atoms with E-state index in [1.807, 2.05) is 6.07 Å². The minimum atomic E-state index is 0.820. The number of hydrogen-bond donors (Lipinski definition) is 1. The van der Waals surface area contributed by atoms with Gasteiger partial charge in [0.05, 0.1) is 0 Å². The van der Waals surface area contributed by atoms with E-state index in [9.17, 15) is 0 Å². The largest absolute Gasteiger partial charge is 0.384 e. The SMILES string of the molecule is CN(CCNc1ccccc1)CC1CCOCC1.